The van der Waals surface area contributed by atoms with Crippen LogP contribution < -0.4 is 15.4 Å². The van der Waals surface area contributed by atoms with Gasteiger partial charge in [0.15, 0.2) is 0 Å². The van der Waals surface area contributed by atoms with Crippen molar-refractivity contribution in [2.75, 3.05) is 6.54 Å². The molecule has 2 saturated heterocycles. The Kier molecular flexibility index (Phi) is 7.61. The number of amides is 1. The summed E-state index contributed by atoms with van der Waals surface area (Å²) in [6, 6.07) is 16.8. The molecule has 0 aromatic heterocycles. The van der Waals surface area contributed by atoms with E-state index in [0.29, 0.717) is 18.7 Å². The van der Waals surface area contributed by atoms with E-state index in [1.165, 1.54) is 0 Å². The Morgan fingerprint density at radius 3 is 2.42 bits per heavy atom. The number of benzene rings is 2. The Hall–Kier alpha value is -3.43. The van der Waals surface area contributed by atoms with Crippen LogP contribution in [0.3, 0.4) is 0 Å². The van der Waals surface area contributed by atoms with E-state index in [2.05, 4.69) is 10.6 Å². The van der Waals surface area contributed by atoms with Crippen molar-refractivity contribution in [2.24, 2.45) is 0 Å². The summed E-state index contributed by atoms with van der Waals surface area (Å²) in [6.45, 7) is 5.61. The van der Waals surface area contributed by atoms with Gasteiger partial charge in [-0.15, -0.1) is 0 Å². The number of alkyl carbamates (subject to hydrolysis) is 1. The molecule has 4 rings (SSSR count). The second-order valence-electron chi connectivity index (χ2n) is 9.93. The van der Waals surface area contributed by atoms with Gasteiger partial charge in [-0.1, -0.05) is 48.5 Å². The maximum Gasteiger partial charge on any atom is 0.408 e. The zero-order valence-electron chi connectivity index (χ0n) is 20.7. The Morgan fingerprint density at radius 2 is 1.75 bits per heavy atom. The van der Waals surface area contributed by atoms with Crippen LogP contribution in [0.15, 0.2) is 60.7 Å². The first-order valence-corrected chi connectivity index (χ1v) is 12.0. The second-order valence-corrected chi connectivity index (χ2v) is 9.93. The largest absolute Gasteiger partial charge is 0.489 e. The standard InChI is InChI=1S/C27H32N2O7/c1-26(2,3)36-25(32)29-22-15-23(30)35-27(22,33-17-18-10-6-4-7-11-18)24(31)21-14-20(16-28-21)34-19-12-8-5-9-13-19/h4-13,20-22,28H,14-17H2,1-3H3,(H,29,32)/t20-,21+,22?,27?/m1/s1. The van der Waals surface area contributed by atoms with Crippen LogP contribution in [0, 0.1) is 0 Å². The molecule has 2 fully saturated rings. The van der Waals surface area contributed by atoms with Crippen molar-refractivity contribution < 1.29 is 33.3 Å². The van der Waals surface area contributed by atoms with E-state index in [9.17, 15) is 14.4 Å². The van der Waals surface area contributed by atoms with Crippen LogP contribution in [0.4, 0.5) is 4.79 Å². The first-order chi connectivity index (χ1) is 17.1. The molecular weight excluding hydrogens is 464 g/mol. The summed E-state index contributed by atoms with van der Waals surface area (Å²) in [6.07, 6.45) is -0.907. The van der Waals surface area contributed by atoms with E-state index in [1.54, 1.807) is 20.8 Å². The van der Waals surface area contributed by atoms with Gasteiger partial charge in [-0.3, -0.25) is 9.59 Å². The van der Waals surface area contributed by atoms with Gasteiger partial charge in [0.25, 0.3) is 5.79 Å². The number of hydrogen-bond donors (Lipinski definition) is 2. The van der Waals surface area contributed by atoms with Crippen LogP contribution in [-0.2, 0) is 30.4 Å². The zero-order chi connectivity index (χ0) is 25.8. The van der Waals surface area contributed by atoms with Gasteiger partial charge in [0.1, 0.15) is 23.5 Å². The molecule has 4 atom stereocenters. The van der Waals surface area contributed by atoms with Crippen molar-refractivity contribution in [3.05, 3.63) is 66.2 Å². The molecule has 0 spiro atoms. The summed E-state index contributed by atoms with van der Waals surface area (Å²) in [5, 5.41) is 5.80. The third-order valence-electron chi connectivity index (χ3n) is 5.88. The number of Topliss-reactive ketones (excluding diaryl/α,β-unsaturated/α-hetero) is 1. The highest BCUT2D eigenvalue weighted by atomic mass is 16.7. The molecule has 0 radical (unpaired) electrons. The summed E-state index contributed by atoms with van der Waals surface area (Å²) < 4.78 is 23.0. The Bertz CT molecular complexity index is 1070. The molecule has 2 aromatic carbocycles. The van der Waals surface area contributed by atoms with Gasteiger partial charge in [0, 0.05) is 13.0 Å². The first kappa shape index (κ1) is 25.7. The zero-order valence-corrected chi connectivity index (χ0v) is 20.7. The number of rotatable bonds is 8. The molecule has 2 heterocycles. The number of carbonyl (C=O) groups excluding carboxylic acids is 3. The average molecular weight is 497 g/mol. The monoisotopic (exact) mass is 496 g/mol. The highest BCUT2D eigenvalue weighted by Gasteiger charge is 2.60. The number of esters is 1. The van der Waals surface area contributed by atoms with Gasteiger partial charge in [-0.05, 0) is 38.5 Å². The molecule has 2 aliphatic rings. The molecule has 9 nitrogen and oxygen atoms in total. The van der Waals surface area contributed by atoms with E-state index in [0.717, 1.165) is 5.56 Å². The van der Waals surface area contributed by atoms with E-state index in [1.807, 2.05) is 60.7 Å². The van der Waals surface area contributed by atoms with E-state index < -0.39 is 41.3 Å². The molecule has 2 N–H and O–H groups in total. The molecule has 192 valence electrons. The van der Waals surface area contributed by atoms with Crippen LogP contribution in [-0.4, -0.2) is 54.0 Å². The van der Waals surface area contributed by atoms with Crippen LogP contribution in [0.2, 0.25) is 0 Å². The van der Waals surface area contributed by atoms with Crippen LogP contribution in [0.5, 0.6) is 5.75 Å². The summed E-state index contributed by atoms with van der Waals surface area (Å²) in [4.78, 5) is 39.0. The number of nitrogens with one attached hydrogen (secondary N) is 2. The molecule has 0 bridgehead atoms. The van der Waals surface area contributed by atoms with E-state index in [-0.39, 0.29) is 19.1 Å². The maximum atomic E-state index is 13.9. The summed E-state index contributed by atoms with van der Waals surface area (Å²) in [5.41, 5.74) is 0.0217. The topological polar surface area (TPSA) is 112 Å². The fourth-order valence-electron chi connectivity index (χ4n) is 4.29. The third-order valence-corrected chi connectivity index (χ3v) is 5.88. The summed E-state index contributed by atoms with van der Waals surface area (Å²) in [7, 11) is 0. The fourth-order valence-corrected chi connectivity index (χ4v) is 4.29. The molecule has 0 aliphatic carbocycles. The van der Waals surface area contributed by atoms with Crippen molar-refractivity contribution >= 4 is 17.8 Å². The van der Waals surface area contributed by atoms with Gasteiger partial charge in [0.2, 0.25) is 5.78 Å². The fraction of sp³-hybridized carbons (Fsp3) is 0.444. The molecule has 9 heteroatoms. The number of ether oxygens (including phenoxy) is 4. The molecule has 2 unspecified atom stereocenters. The maximum absolute atomic E-state index is 13.9. The van der Waals surface area contributed by atoms with Crippen molar-refractivity contribution in [1.29, 1.82) is 0 Å². The predicted octanol–water partition coefficient (Wildman–Crippen LogP) is 3.12. The van der Waals surface area contributed by atoms with Crippen LogP contribution >= 0.6 is 0 Å². The second kappa shape index (κ2) is 10.7. The van der Waals surface area contributed by atoms with Gasteiger partial charge in [-0.2, -0.15) is 0 Å². The highest BCUT2D eigenvalue weighted by Crippen LogP contribution is 2.34. The minimum atomic E-state index is -2.01. The summed E-state index contributed by atoms with van der Waals surface area (Å²) >= 11 is 0. The van der Waals surface area contributed by atoms with Crippen LogP contribution in [0.1, 0.15) is 39.2 Å². The lowest BCUT2D eigenvalue weighted by atomic mass is 9.95. The Morgan fingerprint density at radius 1 is 1.08 bits per heavy atom. The third kappa shape index (κ3) is 6.22. The Balaban J connectivity index is 1.54. The number of para-hydroxylation sites is 1. The average Bonchev–Trinajstić information content (AvgIpc) is 3.42. The quantitative estimate of drug-likeness (QED) is 0.536. The van der Waals surface area contributed by atoms with Gasteiger partial charge in [-0.25, -0.2) is 4.79 Å². The minimum Gasteiger partial charge on any atom is -0.489 e. The lowest BCUT2D eigenvalue weighted by molar-refractivity contribution is -0.222. The molecule has 36 heavy (non-hydrogen) atoms. The van der Waals surface area contributed by atoms with Crippen molar-refractivity contribution in [1.82, 2.24) is 10.6 Å². The number of hydrogen-bond acceptors (Lipinski definition) is 8. The van der Waals surface area contributed by atoms with E-state index in [4.69, 9.17) is 18.9 Å². The number of carbonyl (C=O) groups is 3. The number of ketones is 1. The van der Waals surface area contributed by atoms with Crippen LogP contribution in [0.25, 0.3) is 0 Å². The highest BCUT2D eigenvalue weighted by molar-refractivity contribution is 5.96. The smallest absolute Gasteiger partial charge is 0.408 e. The normalized spacial score (nSPS) is 25.8. The molecular formula is C27H32N2O7. The minimum absolute atomic E-state index is 0.00300. The van der Waals surface area contributed by atoms with Gasteiger partial charge < -0.3 is 29.6 Å². The van der Waals surface area contributed by atoms with Gasteiger partial charge in [0.05, 0.1) is 19.1 Å². The van der Waals surface area contributed by atoms with Crippen molar-refractivity contribution in [2.45, 2.75) is 69.8 Å². The summed E-state index contributed by atoms with van der Waals surface area (Å²) in [5.74, 6) is -2.44. The number of cyclic esters (lactones) is 1. The van der Waals surface area contributed by atoms with Crippen molar-refractivity contribution in [3.63, 3.8) is 0 Å². The Labute approximate surface area is 210 Å². The van der Waals surface area contributed by atoms with E-state index >= 15 is 0 Å². The van der Waals surface area contributed by atoms with Gasteiger partial charge >= 0.3 is 12.1 Å². The predicted molar refractivity (Wildman–Crippen MR) is 130 cm³/mol. The molecule has 2 aromatic rings. The lowest BCUT2D eigenvalue weighted by Crippen LogP contribution is -2.61. The SMILES string of the molecule is CC(C)(C)OC(=O)NC1CC(=O)OC1(OCc1ccccc1)C(=O)[C@@H]1C[C@@H](Oc2ccccc2)CN1. The lowest BCUT2D eigenvalue weighted by Gasteiger charge is -2.34. The molecule has 2 aliphatic heterocycles. The first-order valence-electron chi connectivity index (χ1n) is 12.0. The molecule has 1 amide bonds. The van der Waals surface area contributed by atoms with Crippen molar-refractivity contribution in [3.8, 4) is 5.75 Å². The molecule has 0 saturated carbocycles.